The first-order chi connectivity index (χ1) is 15.6. The van der Waals surface area contributed by atoms with Crippen LogP contribution in [0.5, 0.6) is 5.75 Å². The van der Waals surface area contributed by atoms with Gasteiger partial charge >= 0.3 is 0 Å². The van der Waals surface area contributed by atoms with Gasteiger partial charge in [-0.15, -0.1) is 0 Å². The van der Waals surface area contributed by atoms with Gasteiger partial charge in [-0.3, -0.25) is 24.3 Å². The highest BCUT2D eigenvalue weighted by Gasteiger charge is 2.54. The second-order valence-corrected chi connectivity index (χ2v) is 8.25. The number of pyridine rings is 1. The van der Waals surface area contributed by atoms with Crippen molar-refractivity contribution in [2.75, 3.05) is 20.2 Å². The SMILES string of the molecule is COc1ccc(C2(C(=O)N3CCCN3C(=O)Cn3ccc(-c4cccnc4)n3)CC2)cc1. The molecule has 5 rings (SSSR count). The minimum absolute atomic E-state index is 0.00466. The lowest BCUT2D eigenvalue weighted by molar-refractivity contribution is -0.160. The Hall–Kier alpha value is -3.68. The smallest absolute Gasteiger partial charge is 0.262 e. The fourth-order valence-corrected chi connectivity index (χ4v) is 4.33. The van der Waals surface area contributed by atoms with Gasteiger partial charge < -0.3 is 4.74 Å². The number of rotatable bonds is 6. The number of ether oxygens (including phenoxy) is 1. The Balaban J connectivity index is 1.29. The summed E-state index contributed by atoms with van der Waals surface area (Å²) in [5.41, 5.74) is 2.10. The van der Waals surface area contributed by atoms with Crippen molar-refractivity contribution >= 4 is 11.8 Å². The minimum Gasteiger partial charge on any atom is -0.497 e. The lowest BCUT2D eigenvalue weighted by Gasteiger charge is -2.31. The summed E-state index contributed by atoms with van der Waals surface area (Å²) in [6, 6.07) is 13.3. The molecule has 8 nitrogen and oxygen atoms in total. The van der Waals surface area contributed by atoms with Crippen LogP contribution in [0.3, 0.4) is 0 Å². The van der Waals surface area contributed by atoms with Gasteiger partial charge in [0, 0.05) is 37.2 Å². The highest BCUT2D eigenvalue weighted by Crippen LogP contribution is 2.50. The Morgan fingerprint density at radius 1 is 1.06 bits per heavy atom. The molecule has 3 aromatic rings. The topological polar surface area (TPSA) is 80.6 Å². The molecule has 1 aliphatic heterocycles. The summed E-state index contributed by atoms with van der Waals surface area (Å²) < 4.78 is 6.85. The van der Waals surface area contributed by atoms with Crippen LogP contribution in [0.1, 0.15) is 24.8 Å². The Labute approximate surface area is 186 Å². The summed E-state index contributed by atoms with van der Waals surface area (Å²) in [6.45, 7) is 1.18. The van der Waals surface area contributed by atoms with E-state index in [9.17, 15) is 9.59 Å². The molecule has 0 bridgehead atoms. The number of benzene rings is 1. The van der Waals surface area contributed by atoms with Crippen molar-refractivity contribution in [3.8, 4) is 17.0 Å². The molecular weight excluding hydrogens is 406 g/mol. The van der Waals surface area contributed by atoms with Crippen molar-refractivity contribution in [2.45, 2.75) is 31.2 Å². The largest absolute Gasteiger partial charge is 0.497 e. The van der Waals surface area contributed by atoms with Crippen LogP contribution in [0.4, 0.5) is 0 Å². The molecule has 0 radical (unpaired) electrons. The third kappa shape index (κ3) is 3.62. The Morgan fingerprint density at radius 3 is 2.53 bits per heavy atom. The van der Waals surface area contributed by atoms with E-state index in [1.165, 1.54) is 0 Å². The molecular formula is C24H25N5O3. The fraction of sp³-hybridized carbons (Fsp3) is 0.333. The molecule has 32 heavy (non-hydrogen) atoms. The number of amides is 2. The maximum Gasteiger partial charge on any atom is 0.262 e. The summed E-state index contributed by atoms with van der Waals surface area (Å²) in [5.74, 6) is 0.632. The van der Waals surface area contributed by atoms with Gasteiger partial charge in [0.1, 0.15) is 12.3 Å². The van der Waals surface area contributed by atoms with Gasteiger partial charge in [-0.25, -0.2) is 5.01 Å². The van der Waals surface area contributed by atoms with Crippen molar-refractivity contribution in [3.63, 3.8) is 0 Å². The van der Waals surface area contributed by atoms with E-state index in [1.807, 2.05) is 42.5 Å². The van der Waals surface area contributed by atoms with E-state index in [1.54, 1.807) is 40.4 Å². The van der Waals surface area contributed by atoms with Crippen LogP contribution in [-0.2, 0) is 21.5 Å². The van der Waals surface area contributed by atoms with E-state index in [0.29, 0.717) is 13.1 Å². The van der Waals surface area contributed by atoms with Crippen LogP contribution in [0, 0.1) is 0 Å². The zero-order chi connectivity index (χ0) is 22.1. The van der Waals surface area contributed by atoms with E-state index in [2.05, 4.69) is 10.1 Å². The first kappa shape index (κ1) is 20.2. The average molecular weight is 431 g/mol. The number of nitrogens with zero attached hydrogens (tertiary/aromatic N) is 5. The lowest BCUT2D eigenvalue weighted by Crippen LogP contribution is -2.49. The van der Waals surface area contributed by atoms with Gasteiger partial charge in [0.15, 0.2) is 0 Å². The molecule has 2 aromatic heterocycles. The van der Waals surface area contributed by atoms with Gasteiger partial charge in [-0.1, -0.05) is 12.1 Å². The first-order valence-electron chi connectivity index (χ1n) is 10.8. The number of hydrogen-bond donors (Lipinski definition) is 0. The van der Waals surface area contributed by atoms with Crippen LogP contribution in [0.2, 0.25) is 0 Å². The second kappa shape index (κ2) is 8.11. The standard InChI is InChI=1S/C24H25N5O3/c1-32-20-7-5-19(6-8-20)24(10-11-24)23(31)29-14-3-13-28(29)22(30)17-27-15-9-21(26-27)18-4-2-12-25-16-18/h2,4-9,12,15-16H,3,10-11,13-14,17H2,1H3. The minimum atomic E-state index is -0.533. The summed E-state index contributed by atoms with van der Waals surface area (Å²) >= 11 is 0. The van der Waals surface area contributed by atoms with Crippen LogP contribution in [0.15, 0.2) is 61.1 Å². The number of aromatic nitrogens is 3. The van der Waals surface area contributed by atoms with Gasteiger partial charge in [0.05, 0.1) is 18.2 Å². The molecule has 1 aromatic carbocycles. The third-order valence-corrected chi connectivity index (χ3v) is 6.25. The predicted octanol–water partition coefficient (Wildman–Crippen LogP) is 2.66. The van der Waals surface area contributed by atoms with Crippen molar-refractivity contribution in [3.05, 3.63) is 66.6 Å². The quantitative estimate of drug-likeness (QED) is 0.600. The maximum absolute atomic E-state index is 13.5. The second-order valence-electron chi connectivity index (χ2n) is 8.25. The van der Waals surface area contributed by atoms with Crippen LogP contribution < -0.4 is 4.74 Å². The first-order valence-corrected chi connectivity index (χ1v) is 10.8. The highest BCUT2D eigenvalue weighted by molar-refractivity contribution is 5.93. The summed E-state index contributed by atoms with van der Waals surface area (Å²) in [4.78, 5) is 30.7. The van der Waals surface area contributed by atoms with E-state index in [4.69, 9.17) is 4.74 Å². The van der Waals surface area contributed by atoms with Crippen molar-refractivity contribution in [1.29, 1.82) is 0 Å². The van der Waals surface area contributed by atoms with E-state index < -0.39 is 5.41 Å². The Bertz CT molecular complexity index is 1120. The molecule has 0 spiro atoms. The van der Waals surface area contributed by atoms with Crippen molar-refractivity contribution < 1.29 is 14.3 Å². The van der Waals surface area contributed by atoms with Crippen LogP contribution >= 0.6 is 0 Å². The molecule has 2 fully saturated rings. The molecule has 0 unspecified atom stereocenters. The molecule has 2 aliphatic rings. The molecule has 0 N–H and O–H groups in total. The molecule has 2 amide bonds. The Morgan fingerprint density at radius 2 is 1.84 bits per heavy atom. The van der Waals surface area contributed by atoms with Gasteiger partial charge in [-0.05, 0) is 55.2 Å². The lowest BCUT2D eigenvalue weighted by atomic mass is 9.94. The molecule has 1 saturated carbocycles. The van der Waals surface area contributed by atoms with E-state index >= 15 is 0 Å². The van der Waals surface area contributed by atoms with E-state index in [0.717, 1.165) is 41.8 Å². The zero-order valence-corrected chi connectivity index (χ0v) is 18.0. The highest BCUT2D eigenvalue weighted by atomic mass is 16.5. The maximum atomic E-state index is 13.5. The molecule has 1 aliphatic carbocycles. The number of carbonyl (C=O) groups is 2. The predicted molar refractivity (Wildman–Crippen MR) is 117 cm³/mol. The zero-order valence-electron chi connectivity index (χ0n) is 18.0. The molecule has 1 saturated heterocycles. The van der Waals surface area contributed by atoms with Crippen molar-refractivity contribution in [1.82, 2.24) is 24.8 Å². The van der Waals surface area contributed by atoms with Crippen LogP contribution in [0.25, 0.3) is 11.3 Å². The number of carbonyl (C=O) groups excluding carboxylic acids is 2. The van der Waals surface area contributed by atoms with Gasteiger partial charge in [0.2, 0.25) is 0 Å². The average Bonchev–Trinajstić information content (AvgIpc) is 3.26. The number of hydrazine groups is 1. The van der Waals surface area contributed by atoms with Gasteiger partial charge in [-0.2, -0.15) is 5.10 Å². The molecule has 0 atom stereocenters. The summed E-state index contributed by atoms with van der Waals surface area (Å²) in [5, 5.41) is 7.74. The van der Waals surface area contributed by atoms with E-state index in [-0.39, 0.29) is 18.4 Å². The Kier molecular flexibility index (Phi) is 5.13. The van der Waals surface area contributed by atoms with Crippen LogP contribution in [-0.4, -0.2) is 56.8 Å². The number of hydrogen-bond acceptors (Lipinski definition) is 5. The fourth-order valence-electron chi connectivity index (χ4n) is 4.33. The number of methoxy groups -OCH3 is 1. The normalized spacial score (nSPS) is 16.8. The summed E-state index contributed by atoms with van der Waals surface area (Å²) in [6.07, 6.45) is 7.60. The third-order valence-electron chi connectivity index (χ3n) is 6.25. The van der Waals surface area contributed by atoms with Crippen molar-refractivity contribution in [2.24, 2.45) is 0 Å². The van der Waals surface area contributed by atoms with Gasteiger partial charge in [0.25, 0.3) is 11.8 Å². The summed E-state index contributed by atoms with van der Waals surface area (Å²) in [7, 11) is 1.63. The molecule has 3 heterocycles. The molecule has 164 valence electrons. The monoisotopic (exact) mass is 431 g/mol. The molecule has 8 heteroatoms.